The molecule has 1 fully saturated rings. The number of benzene rings is 2. The second-order valence-corrected chi connectivity index (χ2v) is 7.79. The topological polar surface area (TPSA) is 90.1 Å². The van der Waals surface area contributed by atoms with Crippen molar-refractivity contribution in [1.29, 1.82) is 0 Å². The number of thioether (sulfide) groups is 1. The zero-order valence-corrected chi connectivity index (χ0v) is 16.2. The molecule has 28 heavy (non-hydrogen) atoms. The Morgan fingerprint density at radius 3 is 2.46 bits per heavy atom. The van der Waals surface area contributed by atoms with Crippen molar-refractivity contribution in [1.82, 2.24) is 9.97 Å². The van der Waals surface area contributed by atoms with Gasteiger partial charge in [-0.3, -0.25) is 5.32 Å². The molecule has 6 nitrogen and oxygen atoms in total. The maximum atomic E-state index is 12.0. The molecule has 0 atom stereocenters. The number of para-hydroxylation sites is 1. The lowest BCUT2D eigenvalue weighted by Crippen LogP contribution is -2.16. The molecule has 0 bridgehead atoms. The molecule has 0 aliphatic heterocycles. The molecule has 3 aromatic rings. The van der Waals surface area contributed by atoms with Crippen LogP contribution in [0.5, 0.6) is 5.75 Å². The number of aromatic nitrogens is 2. The van der Waals surface area contributed by atoms with Crippen LogP contribution in [-0.2, 0) is 4.75 Å². The highest BCUT2D eigenvalue weighted by Crippen LogP contribution is 2.55. The quantitative estimate of drug-likeness (QED) is 0.655. The van der Waals surface area contributed by atoms with Gasteiger partial charge in [-0.25, -0.2) is 14.8 Å². The molecule has 1 aliphatic carbocycles. The van der Waals surface area contributed by atoms with Crippen LogP contribution in [0, 0.1) is 0 Å². The number of hydrogen-bond donors (Lipinski definition) is 2. The highest BCUT2D eigenvalue weighted by molar-refractivity contribution is 7.99. The van der Waals surface area contributed by atoms with Crippen molar-refractivity contribution in [2.24, 2.45) is 0 Å². The minimum Gasteiger partial charge on any atom is -0.410 e. The molecule has 3 N–H and O–H groups in total. The predicted molar refractivity (Wildman–Crippen MR) is 112 cm³/mol. The molecule has 7 heteroatoms. The van der Waals surface area contributed by atoms with Gasteiger partial charge in [0.05, 0.1) is 10.4 Å². The molecule has 0 unspecified atom stereocenters. The van der Waals surface area contributed by atoms with E-state index in [9.17, 15) is 4.79 Å². The van der Waals surface area contributed by atoms with Gasteiger partial charge in [0.15, 0.2) is 5.82 Å². The first-order valence-corrected chi connectivity index (χ1v) is 10.1. The summed E-state index contributed by atoms with van der Waals surface area (Å²) >= 11 is 1.81. The Balaban J connectivity index is 1.48. The van der Waals surface area contributed by atoms with E-state index in [2.05, 4.69) is 16.6 Å². The number of hydrogen-bond acceptors (Lipinski definition) is 6. The molecule has 142 valence electrons. The van der Waals surface area contributed by atoms with Gasteiger partial charge in [-0.15, -0.1) is 0 Å². The first-order valence-electron chi connectivity index (χ1n) is 8.92. The number of carbonyl (C=O) groups excluding carboxylic acids is 1. The van der Waals surface area contributed by atoms with Gasteiger partial charge in [-0.1, -0.05) is 18.2 Å². The number of anilines is 2. The van der Waals surface area contributed by atoms with E-state index >= 15 is 0 Å². The summed E-state index contributed by atoms with van der Waals surface area (Å²) in [4.78, 5) is 21.1. The molecule has 1 aromatic heterocycles. The number of rotatable bonds is 5. The SMILES string of the molecule is CSC1(c2cc(N)nc(-c3ccc(NC(=O)Oc4ccccc4)cc3)n2)CC1. The van der Waals surface area contributed by atoms with E-state index in [1.54, 1.807) is 48.2 Å². The van der Waals surface area contributed by atoms with Crippen LogP contribution in [0.3, 0.4) is 0 Å². The fourth-order valence-electron chi connectivity index (χ4n) is 2.95. The number of amides is 1. The number of nitrogen functional groups attached to an aromatic ring is 1. The lowest BCUT2D eigenvalue weighted by Gasteiger charge is -2.13. The fourth-order valence-corrected chi connectivity index (χ4v) is 3.77. The Bertz CT molecular complexity index is 989. The average Bonchev–Trinajstić information content (AvgIpc) is 3.50. The smallest absolute Gasteiger partial charge is 0.410 e. The maximum absolute atomic E-state index is 12.0. The van der Waals surface area contributed by atoms with E-state index in [0.29, 0.717) is 23.1 Å². The molecule has 0 saturated heterocycles. The second-order valence-electron chi connectivity index (χ2n) is 6.60. The standard InChI is InChI=1S/C21H20N4O2S/c1-28-21(11-12-21)17-13-18(22)25-19(24-17)14-7-9-15(10-8-14)23-20(26)27-16-5-3-2-4-6-16/h2-10,13H,11-12H2,1H3,(H,23,26)(H2,22,24,25). The molecule has 4 rings (SSSR count). The zero-order chi connectivity index (χ0) is 19.6. The van der Waals surface area contributed by atoms with Crippen molar-refractivity contribution < 1.29 is 9.53 Å². The van der Waals surface area contributed by atoms with Crippen LogP contribution >= 0.6 is 11.8 Å². The van der Waals surface area contributed by atoms with E-state index in [1.165, 1.54) is 0 Å². The number of carbonyl (C=O) groups is 1. The number of ether oxygens (including phenoxy) is 1. The maximum Gasteiger partial charge on any atom is 0.417 e. The van der Waals surface area contributed by atoms with E-state index in [4.69, 9.17) is 15.5 Å². The molecule has 0 radical (unpaired) electrons. The van der Waals surface area contributed by atoms with Gasteiger partial charge in [0.1, 0.15) is 11.6 Å². The highest BCUT2D eigenvalue weighted by Gasteiger charge is 2.45. The van der Waals surface area contributed by atoms with Crippen LogP contribution in [0.4, 0.5) is 16.3 Å². The van der Waals surface area contributed by atoms with E-state index in [-0.39, 0.29) is 4.75 Å². The minimum absolute atomic E-state index is 0.0779. The van der Waals surface area contributed by atoms with Gasteiger partial charge in [0.25, 0.3) is 0 Å². The average molecular weight is 392 g/mol. The third-order valence-corrected chi connectivity index (χ3v) is 6.05. The van der Waals surface area contributed by atoms with E-state index < -0.39 is 6.09 Å². The minimum atomic E-state index is -0.544. The second kappa shape index (κ2) is 7.52. The summed E-state index contributed by atoms with van der Waals surface area (Å²) in [6, 6.07) is 18.1. The Morgan fingerprint density at radius 2 is 1.82 bits per heavy atom. The van der Waals surface area contributed by atoms with Gasteiger partial charge in [-0.05, 0) is 55.5 Å². The lowest BCUT2D eigenvalue weighted by atomic mass is 10.1. The van der Waals surface area contributed by atoms with Gasteiger partial charge in [0, 0.05) is 17.3 Å². The number of nitrogens with one attached hydrogen (secondary N) is 1. The third kappa shape index (κ3) is 3.94. The Morgan fingerprint density at radius 1 is 1.11 bits per heavy atom. The lowest BCUT2D eigenvalue weighted by molar-refractivity contribution is 0.215. The van der Waals surface area contributed by atoms with Gasteiger partial charge in [-0.2, -0.15) is 11.8 Å². The van der Waals surface area contributed by atoms with Crippen LogP contribution in [0.25, 0.3) is 11.4 Å². The first kappa shape index (κ1) is 18.3. The van der Waals surface area contributed by atoms with E-state index in [1.807, 2.05) is 24.3 Å². The Labute approximate surface area is 167 Å². The summed E-state index contributed by atoms with van der Waals surface area (Å²) in [7, 11) is 0. The van der Waals surface area contributed by atoms with Crippen molar-refractivity contribution in [3.05, 3.63) is 66.4 Å². The summed E-state index contributed by atoms with van der Waals surface area (Å²) in [6.07, 6.45) is 3.77. The van der Waals surface area contributed by atoms with Crippen molar-refractivity contribution >= 4 is 29.4 Å². The van der Waals surface area contributed by atoms with E-state index in [0.717, 1.165) is 24.1 Å². The summed E-state index contributed by atoms with van der Waals surface area (Å²) in [6.45, 7) is 0. The molecular formula is C21H20N4O2S. The molecule has 1 amide bonds. The molecule has 1 saturated carbocycles. The van der Waals surface area contributed by atoms with Crippen LogP contribution < -0.4 is 15.8 Å². The first-order chi connectivity index (χ1) is 13.6. The molecule has 2 aromatic carbocycles. The van der Waals surface area contributed by atoms with Crippen LogP contribution in [0.15, 0.2) is 60.7 Å². The Hall–Kier alpha value is -3.06. The van der Waals surface area contributed by atoms with Crippen molar-refractivity contribution in [2.75, 3.05) is 17.3 Å². The largest absolute Gasteiger partial charge is 0.417 e. The number of nitrogens with zero attached hydrogens (tertiary/aromatic N) is 2. The van der Waals surface area contributed by atoms with Crippen LogP contribution in [0.2, 0.25) is 0 Å². The molecule has 1 aliphatic rings. The van der Waals surface area contributed by atoms with Gasteiger partial charge < -0.3 is 10.5 Å². The van der Waals surface area contributed by atoms with Gasteiger partial charge >= 0.3 is 6.09 Å². The summed E-state index contributed by atoms with van der Waals surface area (Å²) in [5.74, 6) is 1.54. The van der Waals surface area contributed by atoms with Crippen LogP contribution in [-0.4, -0.2) is 22.3 Å². The summed E-state index contributed by atoms with van der Waals surface area (Å²) < 4.78 is 5.31. The summed E-state index contributed by atoms with van der Waals surface area (Å²) in [5.41, 5.74) is 8.46. The van der Waals surface area contributed by atoms with Crippen molar-refractivity contribution in [3.63, 3.8) is 0 Å². The zero-order valence-electron chi connectivity index (χ0n) is 15.4. The molecular weight excluding hydrogens is 372 g/mol. The Kier molecular flexibility index (Phi) is 4.92. The normalized spacial score (nSPS) is 14.3. The van der Waals surface area contributed by atoms with Gasteiger partial charge in [0.2, 0.25) is 0 Å². The van der Waals surface area contributed by atoms with Crippen LogP contribution in [0.1, 0.15) is 18.5 Å². The van der Waals surface area contributed by atoms with Crippen molar-refractivity contribution in [2.45, 2.75) is 17.6 Å². The predicted octanol–water partition coefficient (Wildman–Crippen LogP) is 4.69. The highest BCUT2D eigenvalue weighted by atomic mass is 32.2. The summed E-state index contributed by atoms with van der Waals surface area (Å²) in [5, 5.41) is 2.71. The third-order valence-electron chi connectivity index (χ3n) is 4.65. The molecule has 1 heterocycles. The number of nitrogens with two attached hydrogens (primary N) is 1. The monoisotopic (exact) mass is 392 g/mol. The molecule has 0 spiro atoms. The fraction of sp³-hybridized carbons (Fsp3) is 0.190. The van der Waals surface area contributed by atoms with Crippen molar-refractivity contribution in [3.8, 4) is 17.1 Å².